The second-order valence-electron chi connectivity index (χ2n) is 5.81. The lowest BCUT2D eigenvalue weighted by molar-refractivity contribution is -0.137. The molecule has 0 saturated carbocycles. The summed E-state index contributed by atoms with van der Waals surface area (Å²) in [5.74, 6) is 0. The van der Waals surface area contributed by atoms with E-state index in [-0.39, 0.29) is 6.29 Å². The highest BCUT2D eigenvalue weighted by Crippen LogP contribution is 2.31. The van der Waals surface area contributed by atoms with Crippen molar-refractivity contribution in [2.45, 2.75) is 25.3 Å². The molecular weight excluding hydrogens is 307 g/mol. The SMILES string of the molecule is FC(F)(F)c1ccc(C2=CCN(CCC3OCCO3)CC2)cc1. The fourth-order valence-corrected chi connectivity index (χ4v) is 2.91. The van der Waals surface area contributed by atoms with Crippen LogP contribution in [0.2, 0.25) is 0 Å². The largest absolute Gasteiger partial charge is 0.416 e. The lowest BCUT2D eigenvalue weighted by atomic mass is 9.98. The molecular formula is C17H20F3NO2. The van der Waals surface area contributed by atoms with Crippen LogP contribution in [-0.4, -0.2) is 44.0 Å². The highest BCUT2D eigenvalue weighted by atomic mass is 19.4. The second-order valence-corrected chi connectivity index (χ2v) is 5.81. The fraction of sp³-hybridized carbons (Fsp3) is 0.529. The number of nitrogens with zero attached hydrogens (tertiary/aromatic N) is 1. The Morgan fingerprint density at radius 3 is 2.35 bits per heavy atom. The van der Waals surface area contributed by atoms with Crippen molar-refractivity contribution in [3.63, 3.8) is 0 Å². The Balaban J connectivity index is 1.53. The van der Waals surface area contributed by atoms with Crippen LogP contribution in [-0.2, 0) is 15.7 Å². The van der Waals surface area contributed by atoms with Crippen LogP contribution >= 0.6 is 0 Å². The Labute approximate surface area is 133 Å². The van der Waals surface area contributed by atoms with Gasteiger partial charge in [0.2, 0.25) is 0 Å². The maximum atomic E-state index is 12.6. The Kier molecular flexibility index (Phi) is 5.04. The minimum absolute atomic E-state index is 0.0877. The standard InChI is InChI=1S/C17H20F3NO2/c18-17(19,20)15-3-1-13(2-4-15)14-5-8-21(9-6-14)10-7-16-22-11-12-23-16/h1-5,16H,6-12H2. The molecule has 126 valence electrons. The van der Waals surface area contributed by atoms with E-state index in [4.69, 9.17) is 9.47 Å². The molecule has 0 aromatic heterocycles. The van der Waals surface area contributed by atoms with Gasteiger partial charge in [-0.3, -0.25) is 4.90 Å². The first-order valence-corrected chi connectivity index (χ1v) is 7.84. The molecule has 0 unspecified atom stereocenters. The van der Waals surface area contributed by atoms with Gasteiger partial charge in [0.15, 0.2) is 6.29 Å². The zero-order chi connectivity index (χ0) is 16.3. The average molecular weight is 327 g/mol. The van der Waals surface area contributed by atoms with E-state index in [1.165, 1.54) is 0 Å². The van der Waals surface area contributed by atoms with Gasteiger partial charge >= 0.3 is 6.18 Å². The summed E-state index contributed by atoms with van der Waals surface area (Å²) in [6, 6.07) is 5.42. The van der Waals surface area contributed by atoms with Gasteiger partial charge in [0.25, 0.3) is 0 Å². The molecule has 23 heavy (non-hydrogen) atoms. The predicted molar refractivity (Wildman–Crippen MR) is 80.8 cm³/mol. The molecule has 1 aromatic carbocycles. The molecule has 2 aliphatic heterocycles. The zero-order valence-electron chi connectivity index (χ0n) is 12.8. The molecule has 3 rings (SSSR count). The van der Waals surface area contributed by atoms with Gasteiger partial charge in [-0.1, -0.05) is 18.2 Å². The van der Waals surface area contributed by atoms with Crippen molar-refractivity contribution in [3.8, 4) is 0 Å². The summed E-state index contributed by atoms with van der Waals surface area (Å²) in [6.45, 7) is 3.95. The molecule has 0 bridgehead atoms. The smallest absolute Gasteiger partial charge is 0.350 e. The van der Waals surface area contributed by atoms with Crippen molar-refractivity contribution < 1.29 is 22.6 Å². The third-order valence-corrected chi connectivity index (χ3v) is 4.25. The summed E-state index contributed by atoms with van der Waals surface area (Å²) in [7, 11) is 0. The third-order valence-electron chi connectivity index (χ3n) is 4.25. The molecule has 6 heteroatoms. The summed E-state index contributed by atoms with van der Waals surface area (Å²) in [4.78, 5) is 2.30. The van der Waals surface area contributed by atoms with E-state index in [0.29, 0.717) is 13.2 Å². The summed E-state index contributed by atoms with van der Waals surface area (Å²) in [6.07, 6.45) is -0.570. The molecule has 1 fully saturated rings. The molecule has 1 aromatic rings. The van der Waals surface area contributed by atoms with Crippen LogP contribution in [0.4, 0.5) is 13.2 Å². The second kappa shape index (κ2) is 7.03. The molecule has 2 heterocycles. The van der Waals surface area contributed by atoms with Crippen LogP contribution in [0.1, 0.15) is 24.0 Å². The van der Waals surface area contributed by atoms with Crippen molar-refractivity contribution in [1.29, 1.82) is 0 Å². The molecule has 3 nitrogen and oxygen atoms in total. The van der Waals surface area contributed by atoms with Crippen molar-refractivity contribution >= 4 is 5.57 Å². The zero-order valence-corrected chi connectivity index (χ0v) is 12.8. The molecule has 0 N–H and O–H groups in total. The molecule has 0 radical (unpaired) electrons. The van der Waals surface area contributed by atoms with Gasteiger partial charge in [-0.2, -0.15) is 13.2 Å². The maximum Gasteiger partial charge on any atom is 0.416 e. The van der Waals surface area contributed by atoms with Crippen LogP contribution in [0, 0.1) is 0 Å². The van der Waals surface area contributed by atoms with Gasteiger partial charge in [0, 0.05) is 26.1 Å². The number of halogens is 3. The van der Waals surface area contributed by atoms with Gasteiger partial charge in [-0.05, 0) is 29.7 Å². The summed E-state index contributed by atoms with van der Waals surface area (Å²) < 4.78 is 48.6. The topological polar surface area (TPSA) is 21.7 Å². The minimum atomic E-state index is -4.28. The van der Waals surface area contributed by atoms with E-state index in [0.717, 1.165) is 55.7 Å². The molecule has 0 spiro atoms. The Morgan fingerprint density at radius 1 is 1.09 bits per heavy atom. The van der Waals surface area contributed by atoms with Crippen molar-refractivity contribution in [2.24, 2.45) is 0 Å². The van der Waals surface area contributed by atoms with Gasteiger partial charge < -0.3 is 9.47 Å². The van der Waals surface area contributed by atoms with Crippen molar-refractivity contribution in [2.75, 3.05) is 32.8 Å². The van der Waals surface area contributed by atoms with E-state index in [1.807, 2.05) is 0 Å². The average Bonchev–Trinajstić information content (AvgIpc) is 3.06. The highest BCUT2D eigenvalue weighted by molar-refractivity contribution is 5.66. The number of rotatable bonds is 4. The monoisotopic (exact) mass is 327 g/mol. The van der Waals surface area contributed by atoms with Gasteiger partial charge in [-0.15, -0.1) is 0 Å². The lowest BCUT2D eigenvalue weighted by Gasteiger charge is -2.27. The number of alkyl halides is 3. The summed E-state index contributed by atoms with van der Waals surface area (Å²) >= 11 is 0. The number of hydrogen-bond donors (Lipinski definition) is 0. The van der Waals surface area contributed by atoms with Crippen molar-refractivity contribution in [3.05, 3.63) is 41.5 Å². The van der Waals surface area contributed by atoms with E-state index in [1.54, 1.807) is 12.1 Å². The molecule has 0 amide bonds. The van der Waals surface area contributed by atoms with Gasteiger partial charge in [0.05, 0.1) is 18.8 Å². The van der Waals surface area contributed by atoms with E-state index in [2.05, 4.69) is 11.0 Å². The van der Waals surface area contributed by atoms with Crippen molar-refractivity contribution in [1.82, 2.24) is 4.90 Å². The quantitative estimate of drug-likeness (QED) is 0.844. The number of hydrogen-bond acceptors (Lipinski definition) is 3. The Morgan fingerprint density at radius 2 is 1.78 bits per heavy atom. The van der Waals surface area contributed by atoms with E-state index in [9.17, 15) is 13.2 Å². The van der Waals surface area contributed by atoms with E-state index >= 15 is 0 Å². The van der Waals surface area contributed by atoms with Crippen LogP contribution in [0.25, 0.3) is 5.57 Å². The van der Waals surface area contributed by atoms with Crippen LogP contribution in [0.3, 0.4) is 0 Å². The molecule has 0 atom stereocenters. The molecule has 2 aliphatic rings. The first-order chi connectivity index (χ1) is 11.0. The number of benzene rings is 1. The Bertz CT molecular complexity index is 548. The van der Waals surface area contributed by atoms with Gasteiger partial charge in [-0.25, -0.2) is 0 Å². The highest BCUT2D eigenvalue weighted by Gasteiger charge is 2.30. The summed E-state index contributed by atoms with van der Waals surface area (Å²) in [5.41, 5.74) is 1.39. The first kappa shape index (κ1) is 16.5. The van der Waals surface area contributed by atoms with Gasteiger partial charge in [0.1, 0.15) is 0 Å². The maximum absolute atomic E-state index is 12.6. The normalized spacial score (nSPS) is 20.7. The first-order valence-electron chi connectivity index (χ1n) is 7.84. The minimum Gasteiger partial charge on any atom is -0.350 e. The lowest BCUT2D eigenvalue weighted by Crippen LogP contribution is -2.31. The molecule has 0 aliphatic carbocycles. The van der Waals surface area contributed by atoms with E-state index < -0.39 is 11.7 Å². The third kappa shape index (κ3) is 4.34. The molecule has 1 saturated heterocycles. The van der Waals surface area contributed by atoms with Crippen LogP contribution < -0.4 is 0 Å². The van der Waals surface area contributed by atoms with Crippen LogP contribution in [0.15, 0.2) is 30.3 Å². The number of ether oxygens (including phenoxy) is 2. The Hall–Kier alpha value is -1.37. The summed E-state index contributed by atoms with van der Waals surface area (Å²) in [5, 5.41) is 0. The predicted octanol–water partition coefficient (Wildman–Crippen LogP) is 3.56. The van der Waals surface area contributed by atoms with Crippen LogP contribution in [0.5, 0.6) is 0 Å². The fourth-order valence-electron chi connectivity index (χ4n) is 2.91.